The summed E-state index contributed by atoms with van der Waals surface area (Å²) in [6.07, 6.45) is 4.13. The number of hydrogen-bond donors (Lipinski definition) is 1. The van der Waals surface area contributed by atoms with Gasteiger partial charge in [-0.05, 0) is 71.8 Å². The van der Waals surface area contributed by atoms with Crippen LogP contribution in [-0.4, -0.2) is 13.7 Å². The summed E-state index contributed by atoms with van der Waals surface area (Å²) in [5, 5.41) is 3.38. The zero-order valence-corrected chi connectivity index (χ0v) is 13.4. The average molecular weight is 408 g/mol. The Morgan fingerprint density at radius 3 is 2.94 bits per heavy atom. The van der Waals surface area contributed by atoms with Crippen molar-refractivity contribution in [2.24, 2.45) is 0 Å². The monoisotopic (exact) mass is 407 g/mol. The zero-order chi connectivity index (χ0) is 12.3. The first-order valence-corrected chi connectivity index (χ1v) is 7.52. The summed E-state index contributed by atoms with van der Waals surface area (Å²) in [5.74, 6) is 0. The Morgan fingerprint density at radius 2 is 2.29 bits per heavy atom. The zero-order valence-electron chi connectivity index (χ0n) is 9.67. The third-order valence-corrected chi connectivity index (χ3v) is 4.37. The fourth-order valence-electron chi connectivity index (χ4n) is 2.07. The summed E-state index contributed by atoms with van der Waals surface area (Å²) in [5.41, 5.74) is 2.63. The van der Waals surface area contributed by atoms with E-state index < -0.39 is 0 Å². The molecule has 1 aromatic rings. The molecule has 2 rings (SSSR count). The van der Waals surface area contributed by atoms with Crippen molar-refractivity contribution in [3.8, 4) is 0 Å². The molecule has 1 N–H and O–H groups in total. The molecular weight excluding hydrogens is 393 g/mol. The van der Waals surface area contributed by atoms with E-state index in [4.69, 9.17) is 4.74 Å². The van der Waals surface area contributed by atoms with Crippen LogP contribution < -0.4 is 5.32 Å². The molecular formula is C13H15BrINO. The summed E-state index contributed by atoms with van der Waals surface area (Å²) < 4.78 is 7.83. The number of benzene rings is 1. The highest BCUT2D eigenvalue weighted by Gasteiger charge is 2.19. The third kappa shape index (κ3) is 3.23. The van der Waals surface area contributed by atoms with Gasteiger partial charge in [0, 0.05) is 8.04 Å². The van der Waals surface area contributed by atoms with Gasteiger partial charge in [0.15, 0.2) is 0 Å². The second-order valence-electron chi connectivity index (χ2n) is 4.05. The first-order valence-electron chi connectivity index (χ1n) is 5.65. The van der Waals surface area contributed by atoms with Crippen molar-refractivity contribution < 1.29 is 4.74 Å². The molecule has 0 spiro atoms. The van der Waals surface area contributed by atoms with E-state index in [9.17, 15) is 0 Å². The van der Waals surface area contributed by atoms with E-state index in [0.717, 1.165) is 23.9 Å². The van der Waals surface area contributed by atoms with Crippen LogP contribution in [0.3, 0.4) is 0 Å². The molecule has 0 bridgehead atoms. The summed E-state index contributed by atoms with van der Waals surface area (Å²) in [4.78, 5) is 0. The van der Waals surface area contributed by atoms with Crippen LogP contribution in [0.2, 0.25) is 0 Å². The molecule has 1 atom stereocenters. The van der Waals surface area contributed by atoms with Crippen LogP contribution in [0.5, 0.6) is 0 Å². The van der Waals surface area contributed by atoms with Gasteiger partial charge in [-0.2, -0.15) is 0 Å². The summed E-state index contributed by atoms with van der Waals surface area (Å²) in [6.45, 7) is 0.843. The van der Waals surface area contributed by atoms with Gasteiger partial charge in [-0.15, -0.1) is 0 Å². The first-order chi connectivity index (χ1) is 8.22. The van der Waals surface area contributed by atoms with Gasteiger partial charge in [0.2, 0.25) is 0 Å². The van der Waals surface area contributed by atoms with E-state index >= 15 is 0 Å². The summed E-state index contributed by atoms with van der Waals surface area (Å²) in [7, 11) is 2.00. The lowest BCUT2D eigenvalue weighted by atomic mass is 9.95. The molecule has 17 heavy (non-hydrogen) atoms. The SMILES string of the molecule is CNC(C1=COCCC1)c1cc(Br)ccc1I. The molecule has 0 saturated carbocycles. The lowest BCUT2D eigenvalue weighted by molar-refractivity contribution is 0.220. The standard InChI is InChI=1S/C13H15BrINO/c1-16-13(9-3-2-6-17-8-9)11-7-10(14)4-5-12(11)15/h4-5,7-8,13,16H,2-3,6H2,1H3. The van der Waals surface area contributed by atoms with Crippen LogP contribution in [-0.2, 0) is 4.74 Å². The van der Waals surface area contributed by atoms with Gasteiger partial charge in [0.05, 0.1) is 18.9 Å². The van der Waals surface area contributed by atoms with E-state index in [-0.39, 0.29) is 6.04 Å². The Bertz CT molecular complexity index is 433. The molecule has 1 heterocycles. The maximum Gasteiger partial charge on any atom is 0.0876 e. The molecule has 1 aliphatic rings. The second kappa shape index (κ2) is 6.20. The normalized spacial score (nSPS) is 17.2. The fourth-order valence-corrected chi connectivity index (χ4v) is 3.10. The minimum atomic E-state index is 0.250. The van der Waals surface area contributed by atoms with Crippen molar-refractivity contribution in [1.29, 1.82) is 0 Å². The smallest absolute Gasteiger partial charge is 0.0876 e. The molecule has 0 radical (unpaired) electrons. The minimum Gasteiger partial charge on any atom is -0.501 e. The molecule has 0 aromatic heterocycles. The summed E-state index contributed by atoms with van der Waals surface area (Å²) in [6, 6.07) is 6.64. The first kappa shape index (κ1) is 13.4. The molecule has 2 nitrogen and oxygen atoms in total. The molecule has 0 aliphatic carbocycles. The van der Waals surface area contributed by atoms with Crippen molar-refractivity contribution in [2.45, 2.75) is 18.9 Å². The van der Waals surface area contributed by atoms with Gasteiger partial charge in [0.25, 0.3) is 0 Å². The number of halogens is 2. The molecule has 1 unspecified atom stereocenters. The van der Waals surface area contributed by atoms with Crippen molar-refractivity contribution >= 4 is 38.5 Å². The Kier molecular flexibility index (Phi) is 4.87. The Balaban J connectivity index is 2.34. The quantitative estimate of drug-likeness (QED) is 0.764. The van der Waals surface area contributed by atoms with Gasteiger partial charge in [-0.1, -0.05) is 15.9 Å². The van der Waals surface area contributed by atoms with E-state index in [2.05, 4.69) is 62.0 Å². The van der Waals surface area contributed by atoms with Crippen molar-refractivity contribution in [1.82, 2.24) is 5.32 Å². The molecule has 4 heteroatoms. The van der Waals surface area contributed by atoms with Gasteiger partial charge in [-0.25, -0.2) is 0 Å². The molecule has 0 fully saturated rings. The van der Waals surface area contributed by atoms with Crippen LogP contribution in [0.4, 0.5) is 0 Å². The predicted octanol–water partition coefficient (Wildman–Crippen LogP) is 4.01. The Morgan fingerprint density at radius 1 is 1.47 bits per heavy atom. The van der Waals surface area contributed by atoms with Crippen molar-refractivity contribution in [3.63, 3.8) is 0 Å². The van der Waals surface area contributed by atoms with Crippen molar-refractivity contribution in [2.75, 3.05) is 13.7 Å². The van der Waals surface area contributed by atoms with Crippen LogP contribution in [0.15, 0.2) is 34.5 Å². The topological polar surface area (TPSA) is 21.3 Å². The number of nitrogens with one attached hydrogen (secondary N) is 1. The predicted molar refractivity (Wildman–Crippen MR) is 81.9 cm³/mol. The molecule has 1 aliphatic heterocycles. The van der Waals surface area contributed by atoms with E-state index in [1.54, 1.807) is 0 Å². The highest BCUT2D eigenvalue weighted by atomic mass is 127. The average Bonchev–Trinajstić information content (AvgIpc) is 2.36. The maximum absolute atomic E-state index is 5.44. The highest BCUT2D eigenvalue weighted by Crippen LogP contribution is 2.31. The highest BCUT2D eigenvalue weighted by molar-refractivity contribution is 14.1. The minimum absolute atomic E-state index is 0.250. The van der Waals surface area contributed by atoms with Gasteiger partial charge in [0.1, 0.15) is 0 Å². The molecule has 0 amide bonds. The van der Waals surface area contributed by atoms with E-state index in [1.165, 1.54) is 14.7 Å². The van der Waals surface area contributed by atoms with Crippen LogP contribution in [0.25, 0.3) is 0 Å². The number of hydrogen-bond acceptors (Lipinski definition) is 2. The van der Waals surface area contributed by atoms with E-state index in [0.29, 0.717) is 0 Å². The third-order valence-electron chi connectivity index (χ3n) is 2.89. The van der Waals surface area contributed by atoms with Crippen LogP contribution >= 0.6 is 38.5 Å². The molecule has 1 aromatic carbocycles. The fraction of sp³-hybridized carbons (Fsp3) is 0.385. The van der Waals surface area contributed by atoms with Crippen LogP contribution in [0, 0.1) is 3.57 Å². The largest absolute Gasteiger partial charge is 0.501 e. The second-order valence-corrected chi connectivity index (χ2v) is 6.13. The number of likely N-dealkylation sites (N-methyl/N-ethyl adjacent to an activating group) is 1. The van der Waals surface area contributed by atoms with Crippen molar-refractivity contribution in [3.05, 3.63) is 43.6 Å². The van der Waals surface area contributed by atoms with E-state index in [1.807, 2.05) is 13.3 Å². The van der Waals surface area contributed by atoms with Gasteiger partial charge in [-0.3, -0.25) is 0 Å². The maximum atomic E-state index is 5.44. The number of ether oxygens (including phenoxy) is 1. The Hall–Kier alpha value is -0.0700. The summed E-state index contributed by atoms with van der Waals surface area (Å²) >= 11 is 5.92. The molecule has 0 saturated heterocycles. The lowest BCUT2D eigenvalue weighted by Crippen LogP contribution is -2.21. The van der Waals surface area contributed by atoms with Crippen LogP contribution in [0.1, 0.15) is 24.4 Å². The Labute approximate surface area is 124 Å². The van der Waals surface area contributed by atoms with Gasteiger partial charge >= 0.3 is 0 Å². The molecule has 92 valence electrons. The lowest BCUT2D eigenvalue weighted by Gasteiger charge is -2.24. The number of rotatable bonds is 3. The van der Waals surface area contributed by atoms with Gasteiger partial charge < -0.3 is 10.1 Å².